The van der Waals surface area contributed by atoms with Gasteiger partial charge >= 0.3 is 0 Å². The maximum Gasteiger partial charge on any atom is 0.261 e. The minimum Gasteiger partial charge on any atom is -0.395 e. The average Bonchev–Trinajstić information content (AvgIpc) is 3.36. The predicted octanol–water partition coefficient (Wildman–Crippen LogP) is 8.01. The molecule has 5 aromatic rings. The molecule has 1 aliphatic heterocycles. The van der Waals surface area contributed by atoms with Gasteiger partial charge in [-0.1, -0.05) is 121 Å². The first kappa shape index (κ1) is 37.2. The summed E-state index contributed by atoms with van der Waals surface area (Å²) in [6, 6.07) is 43.5. The number of carbonyl (C=O) groups excluding carboxylic acids is 2. The Hall–Kier alpha value is -4.59. The third kappa shape index (κ3) is 9.97. The second kappa shape index (κ2) is 17.2. The van der Waals surface area contributed by atoms with Crippen molar-refractivity contribution in [3.05, 3.63) is 156 Å². The zero-order valence-corrected chi connectivity index (χ0v) is 29.1. The maximum absolute atomic E-state index is 13.1. The van der Waals surface area contributed by atoms with E-state index in [9.17, 15) is 9.59 Å². The standard InChI is InChI=1S/C27H27NO3.C15H17NO.ClH/c1-27(2,3)31-18-22(28-25(29)23-11-7-8-12-24(23)26(28)30)17-19-13-15-21(16-14-19)20-9-5-4-6-10-20;16-15(11-17)10-12-6-8-14(9-7-12)13-4-2-1-3-5-13;/h4-16,22H,17-18H2,1-3H3;1-9,15,17H,10-11,16H2;1H/t22-;15-;/m11./s1. The summed E-state index contributed by atoms with van der Waals surface area (Å²) in [6.07, 6.45) is 1.25. The molecular formula is C42H45ClN2O4. The molecule has 3 N–H and O–H groups in total. The first-order chi connectivity index (χ1) is 23.1. The molecule has 0 fully saturated rings. The monoisotopic (exact) mass is 676 g/mol. The van der Waals surface area contributed by atoms with Gasteiger partial charge < -0.3 is 15.6 Å². The Bertz CT molecular complexity index is 1750. The van der Waals surface area contributed by atoms with Crippen LogP contribution in [-0.4, -0.2) is 52.7 Å². The molecule has 1 heterocycles. The molecule has 254 valence electrons. The highest BCUT2D eigenvalue weighted by molar-refractivity contribution is 6.21. The van der Waals surface area contributed by atoms with E-state index in [1.54, 1.807) is 24.3 Å². The van der Waals surface area contributed by atoms with Crippen LogP contribution in [0.5, 0.6) is 0 Å². The molecule has 7 heteroatoms. The van der Waals surface area contributed by atoms with Gasteiger partial charge in [-0.3, -0.25) is 14.5 Å². The van der Waals surface area contributed by atoms with E-state index in [0.29, 0.717) is 24.0 Å². The molecule has 2 atom stereocenters. The second-order valence-electron chi connectivity index (χ2n) is 13.1. The number of hydrogen-bond donors (Lipinski definition) is 2. The number of rotatable bonds is 10. The van der Waals surface area contributed by atoms with Gasteiger partial charge in [0.05, 0.1) is 36.0 Å². The number of amides is 2. The van der Waals surface area contributed by atoms with E-state index < -0.39 is 0 Å². The van der Waals surface area contributed by atoms with Crippen molar-refractivity contribution in [1.82, 2.24) is 4.90 Å². The van der Waals surface area contributed by atoms with Crippen molar-refractivity contribution in [2.24, 2.45) is 5.73 Å². The van der Waals surface area contributed by atoms with Gasteiger partial charge in [0.1, 0.15) is 0 Å². The van der Waals surface area contributed by atoms with Crippen molar-refractivity contribution in [2.45, 2.75) is 51.3 Å². The fourth-order valence-electron chi connectivity index (χ4n) is 5.68. The summed E-state index contributed by atoms with van der Waals surface area (Å²) in [5.74, 6) is -0.493. The molecule has 5 aromatic carbocycles. The highest BCUT2D eigenvalue weighted by Gasteiger charge is 2.40. The highest BCUT2D eigenvalue weighted by Crippen LogP contribution is 2.28. The summed E-state index contributed by atoms with van der Waals surface area (Å²) in [6.45, 7) is 6.24. The summed E-state index contributed by atoms with van der Waals surface area (Å²) in [4.78, 5) is 27.5. The van der Waals surface area contributed by atoms with Crippen LogP contribution < -0.4 is 5.73 Å². The fraction of sp³-hybridized carbons (Fsp3) is 0.238. The van der Waals surface area contributed by atoms with Gasteiger partial charge in [0.2, 0.25) is 0 Å². The van der Waals surface area contributed by atoms with Crippen molar-refractivity contribution < 1.29 is 19.4 Å². The Morgan fingerprint density at radius 1 is 0.612 bits per heavy atom. The molecule has 0 bridgehead atoms. The Morgan fingerprint density at radius 2 is 1.00 bits per heavy atom. The molecular weight excluding hydrogens is 632 g/mol. The number of benzene rings is 5. The first-order valence-electron chi connectivity index (χ1n) is 16.4. The number of nitrogens with two attached hydrogens (primary N) is 1. The van der Waals surface area contributed by atoms with Gasteiger partial charge in [-0.05, 0) is 79.1 Å². The number of carbonyl (C=O) groups is 2. The minimum absolute atomic E-state index is 0. The normalized spacial score (nSPS) is 13.5. The number of imide groups is 1. The van der Waals surface area contributed by atoms with Gasteiger partial charge in [0.25, 0.3) is 11.8 Å². The van der Waals surface area contributed by atoms with E-state index in [1.807, 2.05) is 57.2 Å². The molecule has 0 spiro atoms. The molecule has 49 heavy (non-hydrogen) atoms. The molecule has 0 aliphatic carbocycles. The van der Waals surface area contributed by atoms with Gasteiger partial charge in [0, 0.05) is 6.04 Å². The molecule has 6 nitrogen and oxygen atoms in total. The van der Waals surface area contributed by atoms with Crippen LogP contribution in [0.4, 0.5) is 0 Å². The van der Waals surface area contributed by atoms with Gasteiger partial charge in [-0.15, -0.1) is 12.4 Å². The number of fused-ring (bicyclic) bond motifs is 1. The summed E-state index contributed by atoms with van der Waals surface area (Å²) in [7, 11) is 0. The molecule has 1 aliphatic rings. The summed E-state index contributed by atoms with van der Waals surface area (Å²) in [5, 5.41) is 8.90. The van der Waals surface area contributed by atoms with Crippen molar-refractivity contribution >= 4 is 24.2 Å². The molecule has 0 saturated heterocycles. The van der Waals surface area contributed by atoms with Crippen LogP contribution in [0.2, 0.25) is 0 Å². The Balaban J connectivity index is 0.000000255. The van der Waals surface area contributed by atoms with Crippen LogP contribution in [0.1, 0.15) is 52.6 Å². The summed E-state index contributed by atoms with van der Waals surface area (Å²) >= 11 is 0. The molecule has 0 radical (unpaired) electrons. The van der Waals surface area contributed by atoms with Crippen molar-refractivity contribution in [3.63, 3.8) is 0 Å². The lowest BCUT2D eigenvalue weighted by Crippen LogP contribution is -2.45. The van der Waals surface area contributed by atoms with Gasteiger partial charge in [-0.2, -0.15) is 0 Å². The molecule has 0 saturated carbocycles. The fourth-order valence-corrected chi connectivity index (χ4v) is 5.68. The van der Waals surface area contributed by atoms with Crippen LogP contribution in [0.15, 0.2) is 133 Å². The van der Waals surface area contributed by atoms with Crippen LogP contribution in [0, 0.1) is 0 Å². The number of aliphatic hydroxyl groups excluding tert-OH is 1. The predicted molar refractivity (Wildman–Crippen MR) is 200 cm³/mol. The minimum atomic E-state index is -0.380. The topological polar surface area (TPSA) is 92.9 Å². The summed E-state index contributed by atoms with van der Waals surface area (Å²) in [5.41, 5.74) is 13.2. The number of nitrogens with zero attached hydrogens (tertiary/aromatic N) is 1. The SMILES string of the molecule is CC(C)(C)OC[C@@H](Cc1ccc(-c2ccccc2)cc1)N1C(=O)c2ccccc2C1=O.Cl.N[C@@H](CO)Cc1ccc(-c2ccccc2)cc1. The summed E-state index contributed by atoms with van der Waals surface area (Å²) < 4.78 is 6.02. The van der Waals surface area contributed by atoms with Crippen LogP contribution in [0.25, 0.3) is 22.3 Å². The highest BCUT2D eigenvalue weighted by atomic mass is 35.5. The van der Waals surface area contributed by atoms with Gasteiger partial charge in [-0.25, -0.2) is 0 Å². The number of ether oxygens (including phenoxy) is 1. The van der Waals surface area contributed by atoms with E-state index in [1.165, 1.54) is 16.0 Å². The first-order valence-corrected chi connectivity index (χ1v) is 16.4. The average molecular weight is 677 g/mol. The van der Waals surface area contributed by atoms with Crippen LogP contribution in [-0.2, 0) is 17.6 Å². The Labute approximate surface area is 296 Å². The van der Waals surface area contributed by atoms with E-state index >= 15 is 0 Å². The Kier molecular flexibility index (Phi) is 13.1. The lowest BCUT2D eigenvalue weighted by Gasteiger charge is -2.30. The van der Waals surface area contributed by atoms with E-state index in [-0.39, 0.29) is 55.1 Å². The number of halogens is 1. The van der Waals surface area contributed by atoms with Crippen LogP contribution >= 0.6 is 12.4 Å². The third-order valence-electron chi connectivity index (χ3n) is 8.23. The molecule has 0 aromatic heterocycles. The maximum atomic E-state index is 13.1. The number of hydrogen-bond acceptors (Lipinski definition) is 5. The second-order valence-corrected chi connectivity index (χ2v) is 13.1. The van der Waals surface area contributed by atoms with E-state index in [0.717, 1.165) is 22.3 Å². The lowest BCUT2D eigenvalue weighted by molar-refractivity contribution is -0.0282. The lowest BCUT2D eigenvalue weighted by atomic mass is 10.00. The Morgan fingerprint density at radius 3 is 1.41 bits per heavy atom. The number of aliphatic hydroxyl groups is 1. The van der Waals surface area contributed by atoms with Crippen molar-refractivity contribution in [2.75, 3.05) is 13.2 Å². The third-order valence-corrected chi connectivity index (χ3v) is 8.23. The van der Waals surface area contributed by atoms with E-state index in [4.69, 9.17) is 15.6 Å². The van der Waals surface area contributed by atoms with Crippen LogP contribution in [0.3, 0.4) is 0 Å². The van der Waals surface area contributed by atoms with Gasteiger partial charge in [0.15, 0.2) is 0 Å². The van der Waals surface area contributed by atoms with Crippen molar-refractivity contribution in [3.8, 4) is 22.3 Å². The molecule has 2 amide bonds. The van der Waals surface area contributed by atoms with E-state index in [2.05, 4.69) is 72.8 Å². The quantitative estimate of drug-likeness (QED) is 0.146. The molecule has 6 rings (SSSR count). The smallest absolute Gasteiger partial charge is 0.261 e. The zero-order chi connectivity index (χ0) is 34.1. The molecule has 0 unspecified atom stereocenters. The van der Waals surface area contributed by atoms with Crippen molar-refractivity contribution in [1.29, 1.82) is 0 Å². The zero-order valence-electron chi connectivity index (χ0n) is 28.3. The largest absolute Gasteiger partial charge is 0.395 e.